The number of ether oxygens (including phenoxy) is 1. The largest absolute Gasteiger partial charge is 0.461 e. The number of carbonyl (C=O) groups is 3. The molecule has 1 atom stereocenters. The van der Waals surface area contributed by atoms with Crippen molar-refractivity contribution < 1.29 is 19.1 Å². The van der Waals surface area contributed by atoms with E-state index < -0.39 is 17.9 Å². The maximum absolute atomic E-state index is 13.0. The molecule has 1 aliphatic heterocycles. The Hall–Kier alpha value is -3.16. The summed E-state index contributed by atoms with van der Waals surface area (Å²) in [5.74, 6) is -1.33. The Morgan fingerprint density at radius 2 is 2.08 bits per heavy atom. The Labute approximate surface area is 150 Å². The molecule has 1 saturated heterocycles. The summed E-state index contributed by atoms with van der Waals surface area (Å²) in [5.41, 5.74) is 0.914. The zero-order valence-electron chi connectivity index (χ0n) is 14.4. The normalized spacial score (nSPS) is 16.9. The first-order valence-corrected chi connectivity index (χ1v) is 8.45. The van der Waals surface area contributed by atoms with Crippen molar-refractivity contribution >= 4 is 17.8 Å². The van der Waals surface area contributed by atoms with Gasteiger partial charge in [-0.2, -0.15) is 0 Å². The zero-order chi connectivity index (χ0) is 18.5. The number of hydrogen-bond donors (Lipinski definition) is 2. The van der Waals surface area contributed by atoms with Crippen molar-refractivity contribution in [2.24, 2.45) is 0 Å². The van der Waals surface area contributed by atoms with Gasteiger partial charge in [-0.05, 0) is 12.5 Å². The molecule has 1 fully saturated rings. The van der Waals surface area contributed by atoms with Gasteiger partial charge < -0.3 is 19.9 Å². The van der Waals surface area contributed by atoms with Gasteiger partial charge >= 0.3 is 5.97 Å². The van der Waals surface area contributed by atoms with Gasteiger partial charge in [-0.1, -0.05) is 30.3 Å². The minimum atomic E-state index is -0.662. The van der Waals surface area contributed by atoms with Crippen LogP contribution in [0, 0.1) is 0 Å². The summed E-state index contributed by atoms with van der Waals surface area (Å²) in [6.07, 6.45) is 1.66. The quantitative estimate of drug-likeness (QED) is 0.770. The van der Waals surface area contributed by atoms with Crippen LogP contribution in [0.3, 0.4) is 0 Å². The molecule has 2 aromatic rings. The lowest BCUT2D eigenvalue weighted by atomic mass is 10.0. The smallest absolute Gasteiger partial charge is 0.357 e. The number of esters is 1. The number of rotatable bonds is 5. The number of H-pyrrole nitrogens is 1. The summed E-state index contributed by atoms with van der Waals surface area (Å²) in [6.45, 7) is 2.57. The van der Waals surface area contributed by atoms with Crippen molar-refractivity contribution in [3.05, 3.63) is 53.6 Å². The predicted octanol–water partition coefficient (Wildman–Crippen LogP) is 0.770. The fourth-order valence-electron chi connectivity index (χ4n) is 2.95. The van der Waals surface area contributed by atoms with E-state index in [0.29, 0.717) is 19.5 Å². The number of imidazole rings is 1. The molecule has 136 valence electrons. The number of piperazine rings is 1. The molecule has 0 aliphatic carbocycles. The molecular weight excluding hydrogens is 336 g/mol. The fourth-order valence-corrected chi connectivity index (χ4v) is 2.95. The average Bonchev–Trinajstić information content (AvgIpc) is 3.14. The van der Waals surface area contributed by atoms with Crippen LogP contribution in [0.5, 0.6) is 0 Å². The van der Waals surface area contributed by atoms with Gasteiger partial charge in [-0.25, -0.2) is 9.78 Å². The highest BCUT2D eigenvalue weighted by Crippen LogP contribution is 2.17. The Kier molecular flexibility index (Phi) is 5.31. The Morgan fingerprint density at radius 1 is 1.31 bits per heavy atom. The van der Waals surface area contributed by atoms with Crippen molar-refractivity contribution in [2.75, 3.05) is 19.7 Å². The van der Waals surface area contributed by atoms with Crippen LogP contribution in [-0.4, -0.2) is 58.4 Å². The molecule has 8 nitrogen and oxygen atoms in total. The molecule has 1 aromatic heterocycles. The lowest BCUT2D eigenvalue weighted by Crippen LogP contribution is -2.58. The number of hydrogen-bond acceptors (Lipinski definition) is 5. The van der Waals surface area contributed by atoms with Gasteiger partial charge in [0.2, 0.25) is 5.91 Å². The molecule has 2 N–H and O–H groups in total. The van der Waals surface area contributed by atoms with Gasteiger partial charge in [0.25, 0.3) is 5.91 Å². The highest BCUT2D eigenvalue weighted by molar-refractivity contribution is 6.04. The number of nitrogens with zero attached hydrogens (tertiary/aromatic N) is 2. The molecule has 0 radical (unpaired) electrons. The topological polar surface area (TPSA) is 104 Å². The van der Waals surface area contributed by atoms with E-state index >= 15 is 0 Å². The van der Waals surface area contributed by atoms with Gasteiger partial charge in [0.15, 0.2) is 11.4 Å². The summed E-state index contributed by atoms with van der Waals surface area (Å²) in [7, 11) is 0. The van der Waals surface area contributed by atoms with Crippen LogP contribution in [0.2, 0.25) is 0 Å². The highest BCUT2D eigenvalue weighted by atomic mass is 16.5. The standard InChI is InChI=1S/C18H20N4O4/c1-2-26-18(25)15-14(20-11-21-15)17(24)22-9-8-19-16(23)13(22)10-12-6-4-3-5-7-12/h3-7,11,13H,2,8-10H2,1H3,(H,19,23)(H,20,21). The van der Waals surface area contributed by atoms with Gasteiger partial charge in [0, 0.05) is 19.5 Å². The molecule has 1 unspecified atom stereocenters. The second-order valence-electron chi connectivity index (χ2n) is 5.84. The summed E-state index contributed by atoms with van der Waals surface area (Å²) >= 11 is 0. The summed E-state index contributed by atoms with van der Waals surface area (Å²) in [5, 5.41) is 2.79. The molecule has 26 heavy (non-hydrogen) atoms. The predicted molar refractivity (Wildman–Crippen MR) is 92.5 cm³/mol. The van der Waals surface area contributed by atoms with Crippen LogP contribution in [0.25, 0.3) is 0 Å². The maximum atomic E-state index is 13.0. The second kappa shape index (κ2) is 7.81. The minimum Gasteiger partial charge on any atom is -0.461 e. The average molecular weight is 356 g/mol. The van der Waals surface area contributed by atoms with E-state index in [1.54, 1.807) is 6.92 Å². The number of carbonyl (C=O) groups excluding carboxylic acids is 3. The third kappa shape index (κ3) is 3.58. The van der Waals surface area contributed by atoms with Crippen molar-refractivity contribution in [1.29, 1.82) is 0 Å². The van der Waals surface area contributed by atoms with Crippen molar-refractivity contribution in [1.82, 2.24) is 20.2 Å². The summed E-state index contributed by atoms with van der Waals surface area (Å²) < 4.78 is 4.95. The Morgan fingerprint density at radius 3 is 2.81 bits per heavy atom. The van der Waals surface area contributed by atoms with Crippen molar-refractivity contribution in [2.45, 2.75) is 19.4 Å². The monoisotopic (exact) mass is 356 g/mol. The van der Waals surface area contributed by atoms with Crippen molar-refractivity contribution in [3.8, 4) is 0 Å². The van der Waals surface area contributed by atoms with E-state index in [-0.39, 0.29) is 23.9 Å². The number of benzene rings is 1. The molecule has 3 rings (SSSR count). The highest BCUT2D eigenvalue weighted by Gasteiger charge is 2.36. The molecule has 1 aromatic carbocycles. The van der Waals surface area contributed by atoms with E-state index in [1.807, 2.05) is 30.3 Å². The van der Waals surface area contributed by atoms with Crippen LogP contribution in [0.4, 0.5) is 0 Å². The third-order valence-electron chi connectivity index (χ3n) is 4.19. The number of amides is 2. The first-order valence-electron chi connectivity index (χ1n) is 8.45. The number of aromatic amines is 1. The maximum Gasteiger partial charge on any atom is 0.357 e. The first kappa shape index (κ1) is 17.7. The van der Waals surface area contributed by atoms with E-state index in [1.165, 1.54) is 11.2 Å². The molecular formula is C18H20N4O4. The molecule has 0 spiro atoms. The number of nitrogens with one attached hydrogen (secondary N) is 2. The Bertz CT molecular complexity index is 803. The number of aromatic nitrogens is 2. The van der Waals surface area contributed by atoms with Crippen LogP contribution in [-0.2, 0) is 16.0 Å². The molecule has 1 aliphatic rings. The molecule has 2 heterocycles. The van der Waals surface area contributed by atoms with Gasteiger partial charge in [0.05, 0.1) is 12.9 Å². The first-order chi connectivity index (χ1) is 12.6. The van der Waals surface area contributed by atoms with E-state index in [4.69, 9.17) is 4.74 Å². The van der Waals surface area contributed by atoms with Crippen LogP contribution >= 0.6 is 0 Å². The zero-order valence-corrected chi connectivity index (χ0v) is 14.4. The van der Waals surface area contributed by atoms with Crippen LogP contribution in [0.1, 0.15) is 33.5 Å². The lowest BCUT2D eigenvalue weighted by molar-refractivity contribution is -0.127. The SMILES string of the molecule is CCOC(=O)c1[nH]cnc1C(=O)N1CCNC(=O)C1Cc1ccccc1. The fraction of sp³-hybridized carbons (Fsp3) is 0.333. The molecule has 2 amide bonds. The lowest BCUT2D eigenvalue weighted by Gasteiger charge is -2.34. The second-order valence-corrected chi connectivity index (χ2v) is 5.84. The molecule has 0 bridgehead atoms. The van der Waals surface area contributed by atoms with Gasteiger partial charge in [-0.15, -0.1) is 0 Å². The Balaban J connectivity index is 1.86. The third-order valence-corrected chi connectivity index (χ3v) is 4.19. The van der Waals surface area contributed by atoms with Crippen LogP contribution in [0.15, 0.2) is 36.7 Å². The minimum absolute atomic E-state index is 0.00120. The van der Waals surface area contributed by atoms with Crippen molar-refractivity contribution in [3.63, 3.8) is 0 Å². The molecule has 8 heteroatoms. The van der Waals surface area contributed by atoms with E-state index in [2.05, 4.69) is 15.3 Å². The van der Waals surface area contributed by atoms with Gasteiger partial charge in [-0.3, -0.25) is 9.59 Å². The molecule has 0 saturated carbocycles. The van der Waals surface area contributed by atoms with Crippen LogP contribution < -0.4 is 5.32 Å². The van der Waals surface area contributed by atoms with Gasteiger partial charge in [0.1, 0.15) is 6.04 Å². The summed E-state index contributed by atoms with van der Waals surface area (Å²) in [6, 6.07) is 8.81. The van der Waals surface area contributed by atoms with E-state index in [9.17, 15) is 14.4 Å². The summed E-state index contributed by atoms with van der Waals surface area (Å²) in [4.78, 5) is 45.5. The van der Waals surface area contributed by atoms with E-state index in [0.717, 1.165) is 5.56 Å².